The van der Waals surface area contributed by atoms with E-state index in [4.69, 9.17) is 9.15 Å². The first kappa shape index (κ1) is 23.0. The summed E-state index contributed by atoms with van der Waals surface area (Å²) in [5.41, 5.74) is 3.80. The molecule has 3 aromatic carbocycles. The number of fused-ring (bicyclic) bond motifs is 1. The number of nitro benzene ring substituents is 1. The van der Waals surface area contributed by atoms with Crippen LogP contribution in [-0.4, -0.2) is 22.4 Å². The van der Waals surface area contributed by atoms with E-state index in [1.54, 1.807) is 25.1 Å². The Hall–Kier alpha value is -4.20. The number of anilines is 1. The number of nitro groups is 1. The molecule has 34 heavy (non-hydrogen) atoms. The van der Waals surface area contributed by atoms with Crippen molar-refractivity contribution < 1.29 is 18.9 Å². The van der Waals surface area contributed by atoms with E-state index in [1.165, 1.54) is 23.8 Å². The minimum Gasteiger partial charge on any atom is -0.487 e. The summed E-state index contributed by atoms with van der Waals surface area (Å²) in [5.74, 6) is 0.531. The predicted molar refractivity (Wildman–Crippen MR) is 130 cm³/mol. The predicted octanol–water partition coefficient (Wildman–Crippen LogP) is 6.57. The van der Waals surface area contributed by atoms with E-state index >= 15 is 0 Å². The highest BCUT2D eigenvalue weighted by Gasteiger charge is 2.19. The first-order valence-electron chi connectivity index (χ1n) is 11.1. The van der Waals surface area contributed by atoms with Gasteiger partial charge in [0.15, 0.2) is 11.3 Å². The Morgan fingerprint density at radius 2 is 1.97 bits per heavy atom. The summed E-state index contributed by atoms with van der Waals surface area (Å²) in [6, 6.07) is 17.3. The summed E-state index contributed by atoms with van der Waals surface area (Å²) in [5, 5.41) is 14.1. The molecule has 0 aliphatic carbocycles. The molecule has 0 saturated carbocycles. The smallest absolute Gasteiger partial charge is 0.311 e. The van der Waals surface area contributed by atoms with Gasteiger partial charge in [-0.3, -0.25) is 14.9 Å². The molecule has 8 heteroatoms. The van der Waals surface area contributed by atoms with Gasteiger partial charge in [0, 0.05) is 22.9 Å². The summed E-state index contributed by atoms with van der Waals surface area (Å²) in [6.07, 6.45) is 1.04. The molecular formula is C26H25N3O5. The van der Waals surface area contributed by atoms with Gasteiger partial charge in [0.1, 0.15) is 5.52 Å². The minimum absolute atomic E-state index is 0.124. The molecule has 1 atom stereocenters. The fourth-order valence-electron chi connectivity index (χ4n) is 3.62. The Kier molecular flexibility index (Phi) is 6.58. The number of benzene rings is 3. The maximum atomic E-state index is 12.8. The van der Waals surface area contributed by atoms with Crippen molar-refractivity contribution in [3.8, 4) is 17.2 Å². The number of nitrogens with zero attached hydrogens (tertiary/aromatic N) is 2. The van der Waals surface area contributed by atoms with E-state index in [2.05, 4.69) is 30.2 Å². The van der Waals surface area contributed by atoms with Crippen molar-refractivity contribution in [3.05, 3.63) is 81.9 Å². The van der Waals surface area contributed by atoms with Gasteiger partial charge >= 0.3 is 5.69 Å². The van der Waals surface area contributed by atoms with Crippen molar-refractivity contribution in [2.45, 2.75) is 33.1 Å². The van der Waals surface area contributed by atoms with Crippen molar-refractivity contribution in [2.75, 3.05) is 11.9 Å². The first-order valence-corrected chi connectivity index (χ1v) is 11.1. The van der Waals surface area contributed by atoms with Gasteiger partial charge in [-0.25, -0.2) is 4.98 Å². The molecule has 4 aromatic rings. The van der Waals surface area contributed by atoms with Crippen molar-refractivity contribution in [1.29, 1.82) is 0 Å². The maximum absolute atomic E-state index is 12.8. The molecule has 1 aromatic heterocycles. The highest BCUT2D eigenvalue weighted by Crippen LogP contribution is 2.30. The second-order valence-electron chi connectivity index (χ2n) is 7.96. The van der Waals surface area contributed by atoms with Crippen LogP contribution in [0.15, 0.2) is 65.1 Å². The third kappa shape index (κ3) is 4.76. The van der Waals surface area contributed by atoms with Gasteiger partial charge < -0.3 is 14.5 Å². The Morgan fingerprint density at radius 3 is 2.71 bits per heavy atom. The summed E-state index contributed by atoms with van der Waals surface area (Å²) in [6.45, 7) is 6.34. The Labute approximate surface area is 196 Å². The molecule has 1 amide bonds. The monoisotopic (exact) mass is 459 g/mol. The van der Waals surface area contributed by atoms with Gasteiger partial charge in [-0.15, -0.1) is 0 Å². The zero-order valence-corrected chi connectivity index (χ0v) is 19.2. The molecule has 8 nitrogen and oxygen atoms in total. The molecule has 0 fully saturated rings. The average Bonchev–Trinajstić information content (AvgIpc) is 3.27. The van der Waals surface area contributed by atoms with Crippen LogP contribution in [0.4, 0.5) is 11.4 Å². The fraction of sp³-hybridized carbons (Fsp3) is 0.231. The van der Waals surface area contributed by atoms with Gasteiger partial charge in [0.05, 0.1) is 11.5 Å². The van der Waals surface area contributed by atoms with Crippen LogP contribution in [0.2, 0.25) is 0 Å². The largest absolute Gasteiger partial charge is 0.487 e. The number of oxazole rings is 1. The lowest BCUT2D eigenvalue weighted by Crippen LogP contribution is -2.12. The molecule has 0 aliphatic rings. The summed E-state index contributed by atoms with van der Waals surface area (Å²) < 4.78 is 11.2. The molecule has 0 unspecified atom stereocenters. The highest BCUT2D eigenvalue weighted by molar-refractivity contribution is 6.05. The molecule has 0 radical (unpaired) electrons. The van der Waals surface area contributed by atoms with Gasteiger partial charge in [-0.1, -0.05) is 26.0 Å². The van der Waals surface area contributed by atoms with Crippen LogP contribution < -0.4 is 10.1 Å². The van der Waals surface area contributed by atoms with Gasteiger partial charge in [0.25, 0.3) is 5.91 Å². The van der Waals surface area contributed by atoms with Crippen molar-refractivity contribution in [3.63, 3.8) is 0 Å². The second-order valence-corrected chi connectivity index (χ2v) is 7.96. The normalized spacial score (nSPS) is 11.9. The van der Waals surface area contributed by atoms with Crippen LogP contribution in [0.1, 0.15) is 49.0 Å². The van der Waals surface area contributed by atoms with E-state index < -0.39 is 10.8 Å². The standard InChI is InChI=1S/C26H25N3O5/c1-4-16(3)17-9-11-23-21(14-17)28-26(34-23)19-7-6-8-20(13-19)27-25(30)18-10-12-24(33-5-2)22(15-18)29(31)32/h6-16H,4-5H2,1-3H3,(H,27,30)/t16-/m1/s1. The Balaban J connectivity index is 1.58. The molecule has 0 aliphatic heterocycles. The number of rotatable bonds is 8. The molecule has 1 heterocycles. The number of hydrogen-bond donors (Lipinski definition) is 1. The SMILES string of the molecule is CCOc1ccc(C(=O)Nc2cccc(-c3nc4cc([C@H](C)CC)ccc4o3)c2)cc1[N+](=O)[O-]. The van der Waals surface area contributed by atoms with Gasteiger partial charge in [0.2, 0.25) is 5.89 Å². The molecule has 0 bridgehead atoms. The number of carbonyl (C=O) groups is 1. The van der Waals surface area contributed by atoms with Gasteiger partial charge in [-0.2, -0.15) is 0 Å². The lowest BCUT2D eigenvalue weighted by atomic mass is 9.98. The molecule has 0 spiro atoms. The zero-order valence-electron chi connectivity index (χ0n) is 19.2. The molecular weight excluding hydrogens is 434 g/mol. The van der Waals surface area contributed by atoms with E-state index in [-0.39, 0.29) is 23.6 Å². The lowest BCUT2D eigenvalue weighted by molar-refractivity contribution is -0.385. The van der Waals surface area contributed by atoms with Crippen LogP contribution in [0.5, 0.6) is 5.75 Å². The number of nitrogens with one attached hydrogen (secondary N) is 1. The van der Waals surface area contributed by atoms with Crippen LogP contribution >= 0.6 is 0 Å². The topological polar surface area (TPSA) is 108 Å². The number of amides is 1. The molecule has 174 valence electrons. The van der Waals surface area contributed by atoms with Crippen molar-refractivity contribution in [2.24, 2.45) is 0 Å². The molecule has 4 rings (SSSR count). The number of hydrogen-bond acceptors (Lipinski definition) is 6. The van der Waals surface area contributed by atoms with Gasteiger partial charge in [-0.05, 0) is 67.3 Å². The van der Waals surface area contributed by atoms with Crippen LogP contribution in [0, 0.1) is 10.1 Å². The Bertz CT molecular complexity index is 1360. The third-order valence-corrected chi connectivity index (χ3v) is 5.68. The van der Waals surface area contributed by atoms with Crippen LogP contribution in [0.25, 0.3) is 22.6 Å². The van der Waals surface area contributed by atoms with Crippen LogP contribution in [-0.2, 0) is 0 Å². The average molecular weight is 460 g/mol. The summed E-state index contributed by atoms with van der Waals surface area (Å²) in [4.78, 5) is 28.2. The maximum Gasteiger partial charge on any atom is 0.311 e. The Morgan fingerprint density at radius 1 is 1.15 bits per heavy atom. The minimum atomic E-state index is -0.567. The summed E-state index contributed by atoms with van der Waals surface area (Å²) >= 11 is 0. The number of aromatic nitrogens is 1. The molecule has 1 N–H and O–H groups in total. The third-order valence-electron chi connectivity index (χ3n) is 5.68. The van der Waals surface area contributed by atoms with Crippen molar-refractivity contribution >= 4 is 28.4 Å². The quantitative estimate of drug-likeness (QED) is 0.236. The highest BCUT2D eigenvalue weighted by atomic mass is 16.6. The second kappa shape index (κ2) is 9.74. The van der Waals surface area contributed by atoms with E-state index in [0.717, 1.165) is 11.9 Å². The first-order chi connectivity index (χ1) is 16.4. The summed E-state index contributed by atoms with van der Waals surface area (Å²) in [7, 11) is 0. The lowest BCUT2D eigenvalue weighted by Gasteiger charge is -2.08. The number of ether oxygens (including phenoxy) is 1. The van der Waals surface area contributed by atoms with E-state index in [1.807, 2.05) is 18.2 Å². The van der Waals surface area contributed by atoms with Crippen LogP contribution in [0.3, 0.4) is 0 Å². The zero-order chi connectivity index (χ0) is 24.2. The van der Waals surface area contributed by atoms with Crippen molar-refractivity contribution in [1.82, 2.24) is 4.98 Å². The molecule has 0 saturated heterocycles. The van der Waals surface area contributed by atoms with E-state index in [9.17, 15) is 14.9 Å². The van der Waals surface area contributed by atoms with E-state index in [0.29, 0.717) is 28.6 Å². The fourth-order valence-corrected chi connectivity index (χ4v) is 3.62. The number of carbonyl (C=O) groups excluding carboxylic acids is 1.